The van der Waals surface area contributed by atoms with Crippen LogP contribution in [0.25, 0.3) is 10.9 Å². The maximum absolute atomic E-state index is 12.4. The Morgan fingerprint density at radius 1 is 1.19 bits per heavy atom. The van der Waals surface area contributed by atoms with Crippen molar-refractivity contribution in [2.24, 2.45) is 0 Å². The monoisotopic (exact) mass is 227 g/mol. The van der Waals surface area contributed by atoms with Crippen LogP contribution in [0.2, 0.25) is 0 Å². The molecule has 0 saturated heterocycles. The number of rotatable bonds is 2. The van der Waals surface area contributed by atoms with E-state index in [-0.39, 0.29) is 0 Å². The van der Waals surface area contributed by atoms with Crippen LogP contribution in [0.15, 0.2) is 24.3 Å². The molecule has 1 aromatic carbocycles. The minimum atomic E-state index is -4.16. The Morgan fingerprint density at radius 3 is 2.50 bits per heavy atom. The molecule has 2 aromatic rings. The minimum Gasteiger partial charge on any atom is -0.358 e. The zero-order valence-corrected chi connectivity index (χ0v) is 8.86. The highest BCUT2D eigenvalue weighted by atomic mass is 19.4. The van der Waals surface area contributed by atoms with Gasteiger partial charge in [0, 0.05) is 16.6 Å². The molecule has 1 nitrogen and oxygen atoms in total. The van der Waals surface area contributed by atoms with Crippen LogP contribution in [-0.4, -0.2) is 11.2 Å². The van der Waals surface area contributed by atoms with E-state index in [9.17, 15) is 13.2 Å². The molecule has 1 heterocycles. The first-order chi connectivity index (χ1) is 7.51. The number of H-pyrrole nitrogens is 1. The number of benzene rings is 1. The van der Waals surface area contributed by atoms with Gasteiger partial charge in [0.15, 0.2) is 0 Å². The van der Waals surface area contributed by atoms with E-state index >= 15 is 0 Å². The number of halogens is 3. The van der Waals surface area contributed by atoms with Gasteiger partial charge in [0.2, 0.25) is 0 Å². The van der Waals surface area contributed by atoms with Crippen LogP contribution in [0, 0.1) is 0 Å². The molecule has 0 radical (unpaired) electrons. The number of nitrogens with one attached hydrogen (secondary N) is 1. The van der Waals surface area contributed by atoms with E-state index in [4.69, 9.17) is 0 Å². The van der Waals surface area contributed by atoms with Gasteiger partial charge >= 0.3 is 6.18 Å². The first kappa shape index (κ1) is 11.0. The lowest BCUT2D eigenvalue weighted by Gasteiger charge is -2.07. The summed E-state index contributed by atoms with van der Waals surface area (Å²) < 4.78 is 37.3. The lowest BCUT2D eigenvalue weighted by Crippen LogP contribution is -2.12. The maximum atomic E-state index is 12.4. The predicted octanol–water partition coefficient (Wildman–Crippen LogP) is 3.84. The molecule has 0 saturated carbocycles. The molecule has 1 N–H and O–H groups in total. The van der Waals surface area contributed by atoms with Gasteiger partial charge in [-0.2, -0.15) is 13.2 Å². The molecule has 86 valence electrons. The van der Waals surface area contributed by atoms with E-state index in [2.05, 4.69) is 4.98 Å². The summed E-state index contributed by atoms with van der Waals surface area (Å²) in [7, 11) is 0. The van der Waals surface area contributed by atoms with Gasteiger partial charge in [-0.05, 0) is 18.1 Å². The molecule has 0 bridgehead atoms. The number of aromatic amines is 1. The molecule has 0 aliphatic rings. The summed E-state index contributed by atoms with van der Waals surface area (Å²) in [4.78, 5) is 3.04. The van der Waals surface area contributed by atoms with Crippen molar-refractivity contribution in [1.29, 1.82) is 0 Å². The van der Waals surface area contributed by atoms with E-state index in [1.165, 1.54) is 0 Å². The Hall–Kier alpha value is -1.45. The van der Waals surface area contributed by atoms with Crippen LogP contribution in [0.4, 0.5) is 13.2 Å². The molecule has 0 unspecified atom stereocenters. The number of aromatic nitrogens is 1. The zero-order chi connectivity index (χ0) is 11.8. The maximum Gasteiger partial charge on any atom is 0.393 e. The highest BCUT2D eigenvalue weighted by Gasteiger charge is 2.30. The highest BCUT2D eigenvalue weighted by molar-refractivity contribution is 5.84. The van der Waals surface area contributed by atoms with Crippen LogP contribution < -0.4 is 0 Å². The van der Waals surface area contributed by atoms with E-state index < -0.39 is 12.6 Å². The summed E-state index contributed by atoms with van der Waals surface area (Å²) in [6.07, 6.45) is -4.44. The third kappa shape index (κ3) is 2.05. The molecule has 0 fully saturated rings. The van der Waals surface area contributed by atoms with E-state index in [0.29, 0.717) is 23.1 Å². The summed E-state index contributed by atoms with van der Waals surface area (Å²) in [5, 5.41) is 0.677. The van der Waals surface area contributed by atoms with Crippen molar-refractivity contribution in [3.63, 3.8) is 0 Å². The molecule has 0 aliphatic carbocycles. The normalized spacial score (nSPS) is 12.2. The van der Waals surface area contributed by atoms with Crippen LogP contribution in [-0.2, 0) is 12.8 Å². The predicted molar refractivity (Wildman–Crippen MR) is 57.4 cm³/mol. The Balaban J connectivity index is 2.56. The third-order valence-electron chi connectivity index (χ3n) is 2.63. The van der Waals surface area contributed by atoms with Gasteiger partial charge in [0.1, 0.15) is 0 Å². The smallest absolute Gasteiger partial charge is 0.358 e. The van der Waals surface area contributed by atoms with Crippen molar-refractivity contribution in [2.75, 3.05) is 0 Å². The molecule has 0 aliphatic heterocycles. The summed E-state index contributed by atoms with van der Waals surface area (Å²) in [5.74, 6) is 0. The van der Waals surface area contributed by atoms with Crippen molar-refractivity contribution in [1.82, 2.24) is 4.98 Å². The van der Waals surface area contributed by atoms with Gasteiger partial charge in [0.25, 0.3) is 0 Å². The molecule has 0 atom stereocenters. The number of hydrogen-bond donors (Lipinski definition) is 1. The Labute approximate surface area is 91.3 Å². The number of hydrogen-bond acceptors (Lipinski definition) is 0. The van der Waals surface area contributed by atoms with E-state index in [1.54, 1.807) is 18.2 Å². The lowest BCUT2D eigenvalue weighted by atomic mass is 10.1. The van der Waals surface area contributed by atoms with Crippen molar-refractivity contribution in [2.45, 2.75) is 25.9 Å². The highest BCUT2D eigenvalue weighted by Crippen LogP contribution is 2.29. The fraction of sp³-hybridized carbons (Fsp3) is 0.333. The minimum absolute atomic E-state index is 0.380. The molecule has 1 aromatic heterocycles. The van der Waals surface area contributed by atoms with Crippen LogP contribution in [0.3, 0.4) is 0 Å². The van der Waals surface area contributed by atoms with Gasteiger partial charge in [-0.1, -0.05) is 25.1 Å². The van der Waals surface area contributed by atoms with Crippen LogP contribution in [0.1, 0.15) is 18.2 Å². The average molecular weight is 227 g/mol. The Morgan fingerprint density at radius 2 is 1.88 bits per heavy atom. The third-order valence-corrected chi connectivity index (χ3v) is 2.63. The standard InChI is InChI=1S/C12H12F3N/c1-2-10-9(7-12(13,14)15)8-5-3-4-6-11(8)16-10/h3-6,16H,2,7H2,1H3. The quantitative estimate of drug-likeness (QED) is 0.802. The molecular weight excluding hydrogens is 215 g/mol. The number of fused-ring (bicyclic) bond motifs is 1. The molecular formula is C12H12F3N. The second-order valence-corrected chi connectivity index (χ2v) is 3.77. The number of alkyl halides is 3. The van der Waals surface area contributed by atoms with Gasteiger partial charge in [-0.25, -0.2) is 0 Å². The second kappa shape index (κ2) is 3.85. The largest absolute Gasteiger partial charge is 0.393 e. The van der Waals surface area contributed by atoms with Gasteiger partial charge in [0.05, 0.1) is 6.42 Å². The van der Waals surface area contributed by atoms with Crippen LogP contribution >= 0.6 is 0 Å². The Bertz CT molecular complexity index is 496. The summed E-state index contributed by atoms with van der Waals surface area (Å²) >= 11 is 0. The molecule has 0 amide bonds. The lowest BCUT2D eigenvalue weighted by molar-refractivity contribution is -0.127. The topological polar surface area (TPSA) is 15.8 Å². The number of para-hydroxylation sites is 1. The average Bonchev–Trinajstić information content (AvgIpc) is 2.55. The van der Waals surface area contributed by atoms with Gasteiger partial charge in [-0.15, -0.1) is 0 Å². The fourth-order valence-electron chi connectivity index (χ4n) is 1.96. The molecule has 4 heteroatoms. The van der Waals surface area contributed by atoms with Gasteiger partial charge < -0.3 is 4.98 Å². The summed E-state index contributed by atoms with van der Waals surface area (Å²) in [6, 6.07) is 7.10. The first-order valence-electron chi connectivity index (χ1n) is 5.16. The second-order valence-electron chi connectivity index (χ2n) is 3.77. The van der Waals surface area contributed by atoms with Gasteiger partial charge in [-0.3, -0.25) is 0 Å². The molecule has 0 spiro atoms. The SMILES string of the molecule is CCc1[nH]c2ccccc2c1CC(F)(F)F. The van der Waals surface area contributed by atoms with Crippen molar-refractivity contribution in [3.8, 4) is 0 Å². The van der Waals surface area contributed by atoms with E-state index in [0.717, 1.165) is 5.52 Å². The van der Waals surface area contributed by atoms with E-state index in [1.807, 2.05) is 13.0 Å². The molecule has 2 rings (SSSR count). The Kier molecular flexibility index (Phi) is 2.66. The van der Waals surface area contributed by atoms with Crippen molar-refractivity contribution >= 4 is 10.9 Å². The summed E-state index contributed by atoms with van der Waals surface area (Å²) in [5.41, 5.74) is 1.84. The van der Waals surface area contributed by atoms with Crippen molar-refractivity contribution in [3.05, 3.63) is 35.5 Å². The first-order valence-corrected chi connectivity index (χ1v) is 5.16. The zero-order valence-electron chi connectivity index (χ0n) is 8.86. The van der Waals surface area contributed by atoms with Crippen molar-refractivity contribution < 1.29 is 13.2 Å². The number of aryl methyl sites for hydroxylation is 1. The molecule has 16 heavy (non-hydrogen) atoms. The summed E-state index contributed by atoms with van der Waals surface area (Å²) in [6.45, 7) is 1.85. The fourth-order valence-corrected chi connectivity index (χ4v) is 1.96. The van der Waals surface area contributed by atoms with Crippen LogP contribution in [0.5, 0.6) is 0 Å².